The van der Waals surface area contributed by atoms with Gasteiger partial charge in [-0.05, 0) is 38.5 Å². The highest BCUT2D eigenvalue weighted by molar-refractivity contribution is 7.09. The van der Waals surface area contributed by atoms with Crippen molar-refractivity contribution >= 4 is 17.2 Å². The van der Waals surface area contributed by atoms with Crippen LogP contribution >= 0.6 is 11.3 Å². The number of amides is 1. The minimum Gasteiger partial charge on any atom is -0.337 e. The van der Waals surface area contributed by atoms with Crippen LogP contribution in [0.3, 0.4) is 0 Å². The lowest BCUT2D eigenvalue weighted by atomic mass is 9.87. The fourth-order valence-corrected chi connectivity index (χ4v) is 3.32. The second-order valence-electron chi connectivity index (χ2n) is 5.69. The largest absolute Gasteiger partial charge is 0.337 e. The summed E-state index contributed by atoms with van der Waals surface area (Å²) in [5, 5.41) is 2.65. The number of aromatic nitrogens is 1. The van der Waals surface area contributed by atoms with E-state index in [1.165, 1.54) is 24.2 Å². The number of rotatable bonds is 3. The number of thiazole rings is 1. The Morgan fingerprint density at radius 1 is 1.47 bits per heavy atom. The molecule has 0 saturated heterocycles. The molecule has 1 aliphatic rings. The molecule has 0 radical (unpaired) electrons. The summed E-state index contributed by atoms with van der Waals surface area (Å²) >= 11 is 1.47. The zero-order valence-corrected chi connectivity index (χ0v) is 12.7. The van der Waals surface area contributed by atoms with Gasteiger partial charge in [0.05, 0.1) is 6.04 Å². The Bertz CT molecular complexity index is 436. The van der Waals surface area contributed by atoms with Gasteiger partial charge in [-0.1, -0.05) is 6.92 Å². The molecule has 1 aliphatic carbocycles. The molecule has 0 aromatic carbocycles. The maximum absolute atomic E-state index is 12.4. The Hall–Kier alpha value is -0.940. The van der Waals surface area contributed by atoms with Gasteiger partial charge in [0.1, 0.15) is 10.7 Å². The lowest BCUT2D eigenvalue weighted by Gasteiger charge is -2.33. The molecule has 0 bridgehead atoms. The van der Waals surface area contributed by atoms with Gasteiger partial charge in [-0.25, -0.2) is 4.98 Å². The summed E-state index contributed by atoms with van der Waals surface area (Å²) in [5.74, 6) is 0.825. The van der Waals surface area contributed by atoms with E-state index in [4.69, 9.17) is 5.73 Å². The fraction of sp³-hybridized carbons (Fsp3) is 0.714. The molecule has 1 aromatic heterocycles. The van der Waals surface area contributed by atoms with Crippen LogP contribution in [-0.2, 0) is 0 Å². The van der Waals surface area contributed by atoms with E-state index in [2.05, 4.69) is 11.9 Å². The molecule has 2 rings (SSSR count). The SMILES string of the molecule is CC1CCC(N(C)C(=O)c2csc(C(C)N)n2)CC1. The zero-order valence-electron chi connectivity index (χ0n) is 11.9. The summed E-state index contributed by atoms with van der Waals surface area (Å²) in [6.45, 7) is 4.17. The number of nitrogens with zero attached hydrogens (tertiary/aromatic N) is 2. The number of hydrogen-bond donors (Lipinski definition) is 1. The third-order valence-corrected chi connectivity index (χ3v) is 5.03. The van der Waals surface area contributed by atoms with Crippen LogP contribution in [0.5, 0.6) is 0 Å². The summed E-state index contributed by atoms with van der Waals surface area (Å²) in [4.78, 5) is 18.6. The monoisotopic (exact) mass is 281 g/mol. The number of nitrogens with two attached hydrogens (primary N) is 1. The van der Waals surface area contributed by atoms with Crippen molar-refractivity contribution in [3.63, 3.8) is 0 Å². The van der Waals surface area contributed by atoms with Gasteiger partial charge in [-0.2, -0.15) is 0 Å². The molecule has 4 nitrogen and oxygen atoms in total. The summed E-state index contributed by atoms with van der Waals surface area (Å²) in [6, 6.07) is 0.261. The van der Waals surface area contributed by atoms with Crippen molar-refractivity contribution in [2.45, 2.75) is 51.6 Å². The van der Waals surface area contributed by atoms with Gasteiger partial charge in [-0.3, -0.25) is 4.79 Å². The van der Waals surface area contributed by atoms with Crippen LogP contribution < -0.4 is 5.73 Å². The predicted octanol–water partition coefficient (Wildman–Crippen LogP) is 2.81. The van der Waals surface area contributed by atoms with Crippen LogP contribution in [-0.4, -0.2) is 28.9 Å². The van der Waals surface area contributed by atoms with Crippen molar-refractivity contribution in [1.82, 2.24) is 9.88 Å². The molecule has 5 heteroatoms. The number of carbonyl (C=O) groups is 1. The third-order valence-electron chi connectivity index (χ3n) is 3.98. The lowest BCUT2D eigenvalue weighted by molar-refractivity contribution is 0.0674. The average Bonchev–Trinajstić information content (AvgIpc) is 2.87. The van der Waals surface area contributed by atoms with Gasteiger partial charge in [0.2, 0.25) is 0 Å². The van der Waals surface area contributed by atoms with Crippen molar-refractivity contribution in [2.75, 3.05) is 7.05 Å². The van der Waals surface area contributed by atoms with E-state index in [-0.39, 0.29) is 11.9 Å². The summed E-state index contributed by atoms with van der Waals surface area (Å²) < 4.78 is 0. The van der Waals surface area contributed by atoms with E-state index >= 15 is 0 Å². The molecule has 1 fully saturated rings. The lowest BCUT2D eigenvalue weighted by Crippen LogP contribution is -2.39. The molecular weight excluding hydrogens is 258 g/mol. The molecule has 0 aliphatic heterocycles. The van der Waals surface area contributed by atoms with E-state index in [1.54, 1.807) is 0 Å². The highest BCUT2D eigenvalue weighted by Gasteiger charge is 2.26. The molecular formula is C14H23N3OS. The average molecular weight is 281 g/mol. The van der Waals surface area contributed by atoms with E-state index in [9.17, 15) is 4.79 Å². The van der Waals surface area contributed by atoms with Crippen molar-refractivity contribution in [3.05, 3.63) is 16.1 Å². The van der Waals surface area contributed by atoms with Crippen LogP contribution in [0.25, 0.3) is 0 Å². The molecule has 0 spiro atoms. The molecule has 1 amide bonds. The Labute approximate surface area is 119 Å². The van der Waals surface area contributed by atoms with Gasteiger partial charge in [0, 0.05) is 18.5 Å². The quantitative estimate of drug-likeness (QED) is 0.926. The molecule has 106 valence electrons. The van der Waals surface area contributed by atoms with Gasteiger partial charge >= 0.3 is 0 Å². The molecule has 1 unspecified atom stereocenters. The number of carbonyl (C=O) groups excluding carboxylic acids is 1. The summed E-state index contributed by atoms with van der Waals surface area (Å²) in [5.41, 5.74) is 6.32. The molecule has 1 saturated carbocycles. The minimum atomic E-state index is -0.104. The minimum absolute atomic E-state index is 0.0303. The van der Waals surface area contributed by atoms with Gasteiger partial charge in [0.15, 0.2) is 0 Å². The predicted molar refractivity (Wildman–Crippen MR) is 78.2 cm³/mol. The van der Waals surface area contributed by atoms with Gasteiger partial charge < -0.3 is 10.6 Å². The molecule has 1 atom stereocenters. The second-order valence-corrected chi connectivity index (χ2v) is 6.58. The Morgan fingerprint density at radius 3 is 2.63 bits per heavy atom. The molecule has 2 N–H and O–H groups in total. The van der Waals surface area contributed by atoms with Crippen LogP contribution in [0.2, 0.25) is 0 Å². The fourth-order valence-electron chi connectivity index (χ4n) is 2.57. The highest BCUT2D eigenvalue weighted by atomic mass is 32.1. The first-order valence-corrected chi connectivity index (χ1v) is 7.85. The first-order valence-electron chi connectivity index (χ1n) is 6.97. The van der Waals surface area contributed by atoms with Gasteiger partial charge in [0.25, 0.3) is 5.91 Å². The van der Waals surface area contributed by atoms with Crippen molar-refractivity contribution in [1.29, 1.82) is 0 Å². The van der Waals surface area contributed by atoms with Crippen molar-refractivity contribution in [3.8, 4) is 0 Å². The van der Waals surface area contributed by atoms with E-state index in [0.717, 1.165) is 23.8 Å². The Morgan fingerprint density at radius 2 is 2.11 bits per heavy atom. The Balaban J connectivity index is 2.01. The smallest absolute Gasteiger partial charge is 0.273 e. The topological polar surface area (TPSA) is 59.2 Å². The van der Waals surface area contributed by atoms with Crippen LogP contribution in [0.4, 0.5) is 0 Å². The van der Waals surface area contributed by atoms with Crippen LogP contribution in [0, 0.1) is 5.92 Å². The Kier molecular flexibility index (Phi) is 4.58. The first-order chi connectivity index (χ1) is 8.99. The van der Waals surface area contributed by atoms with Crippen molar-refractivity contribution in [2.24, 2.45) is 11.7 Å². The molecule has 1 aromatic rings. The normalized spacial score (nSPS) is 25.1. The van der Waals surface area contributed by atoms with Crippen LogP contribution in [0.15, 0.2) is 5.38 Å². The molecule has 19 heavy (non-hydrogen) atoms. The second kappa shape index (κ2) is 6.01. The van der Waals surface area contributed by atoms with E-state index in [0.29, 0.717) is 11.7 Å². The van der Waals surface area contributed by atoms with Crippen molar-refractivity contribution < 1.29 is 4.79 Å². The molecule has 1 heterocycles. The third kappa shape index (κ3) is 3.34. The first kappa shape index (κ1) is 14.5. The van der Waals surface area contributed by atoms with Crippen LogP contribution in [0.1, 0.15) is 61.1 Å². The van der Waals surface area contributed by atoms with E-state index < -0.39 is 0 Å². The van der Waals surface area contributed by atoms with E-state index in [1.807, 2.05) is 24.3 Å². The summed E-state index contributed by atoms with van der Waals surface area (Å²) in [7, 11) is 1.90. The highest BCUT2D eigenvalue weighted by Crippen LogP contribution is 2.27. The maximum Gasteiger partial charge on any atom is 0.273 e. The van der Waals surface area contributed by atoms with Gasteiger partial charge in [-0.15, -0.1) is 11.3 Å². The standard InChI is InChI=1S/C14H23N3OS/c1-9-4-6-11(7-5-9)17(3)14(18)12-8-19-13(16-12)10(2)15/h8-11H,4-7,15H2,1-3H3. The maximum atomic E-state index is 12.4. The number of hydrogen-bond acceptors (Lipinski definition) is 4. The zero-order chi connectivity index (χ0) is 14.0. The summed E-state index contributed by atoms with van der Waals surface area (Å²) in [6.07, 6.45) is 4.64.